The van der Waals surface area contributed by atoms with Crippen molar-refractivity contribution in [1.82, 2.24) is 9.97 Å². The van der Waals surface area contributed by atoms with E-state index in [0.29, 0.717) is 11.4 Å². The molecule has 1 aromatic heterocycles. The van der Waals surface area contributed by atoms with Crippen LogP contribution in [0.25, 0.3) is 45.0 Å². The van der Waals surface area contributed by atoms with Crippen LogP contribution < -0.4 is 0 Å². The summed E-state index contributed by atoms with van der Waals surface area (Å²) in [7, 11) is 0. The van der Waals surface area contributed by atoms with E-state index in [1.807, 2.05) is 66.7 Å². The van der Waals surface area contributed by atoms with Crippen LogP contribution in [0.4, 0.5) is 0 Å². The molecule has 5 heteroatoms. The lowest BCUT2D eigenvalue weighted by Gasteiger charge is -2.11. The molecule has 0 radical (unpaired) electrons. The largest absolute Gasteiger partial charge is 0.228 e. The molecule has 0 aliphatic carbocycles. The molecule has 34 heavy (non-hydrogen) atoms. The molecule has 0 bridgehead atoms. The van der Waals surface area contributed by atoms with E-state index in [0.717, 1.165) is 48.2 Å². The highest BCUT2D eigenvalue weighted by Crippen LogP contribution is 2.32. The summed E-state index contributed by atoms with van der Waals surface area (Å²) >= 11 is 7.17. The van der Waals surface area contributed by atoms with Gasteiger partial charge in [-0.15, -0.1) is 0 Å². The van der Waals surface area contributed by atoms with Gasteiger partial charge < -0.3 is 0 Å². The van der Waals surface area contributed by atoms with Crippen LogP contribution in [-0.2, 0) is 0 Å². The molecule has 0 fully saturated rings. The van der Waals surface area contributed by atoms with Crippen molar-refractivity contribution in [2.24, 2.45) is 0 Å². The van der Waals surface area contributed by atoms with E-state index >= 15 is 0 Å². The van der Waals surface area contributed by atoms with Gasteiger partial charge in [-0.1, -0.05) is 98.6 Å². The molecule has 0 aliphatic heterocycles. The van der Waals surface area contributed by atoms with Gasteiger partial charge in [0, 0.05) is 25.6 Å². The Kier molecular flexibility index (Phi) is 6.35. The summed E-state index contributed by atoms with van der Waals surface area (Å²) in [5, 5.41) is 9.03. The Morgan fingerprint density at radius 2 is 1.06 bits per heavy atom. The zero-order valence-corrected chi connectivity index (χ0v) is 21.1. The van der Waals surface area contributed by atoms with E-state index in [1.54, 1.807) is 0 Å². The number of aromatic nitrogens is 2. The van der Waals surface area contributed by atoms with E-state index in [-0.39, 0.29) is 0 Å². The minimum atomic E-state index is 0.654. The molecule has 1 heterocycles. The average Bonchev–Trinajstić information content (AvgIpc) is 2.88. The molecule has 3 nitrogen and oxygen atoms in total. The number of halogens is 2. The zero-order valence-electron chi connectivity index (χ0n) is 17.9. The van der Waals surface area contributed by atoms with E-state index in [4.69, 9.17) is 15.2 Å². The molecule has 0 aliphatic rings. The average molecular weight is 567 g/mol. The molecule has 4 aromatic carbocycles. The lowest BCUT2D eigenvalue weighted by atomic mass is 10.0. The summed E-state index contributed by atoms with van der Waals surface area (Å²) < 4.78 is 1.95. The molecule has 5 aromatic rings. The first-order valence-corrected chi connectivity index (χ1v) is 12.2. The van der Waals surface area contributed by atoms with Crippen molar-refractivity contribution in [1.29, 1.82) is 5.26 Å². The van der Waals surface area contributed by atoms with Crippen LogP contribution in [0.1, 0.15) is 5.56 Å². The number of hydrogen-bond acceptors (Lipinski definition) is 3. The minimum Gasteiger partial charge on any atom is -0.228 e. The molecule has 0 atom stereocenters. The van der Waals surface area contributed by atoms with Crippen molar-refractivity contribution in [3.63, 3.8) is 0 Å². The predicted molar refractivity (Wildman–Crippen MR) is 144 cm³/mol. The molecule has 5 rings (SSSR count). The third-order valence-corrected chi connectivity index (χ3v) is 6.36. The molecule has 162 valence electrons. The summed E-state index contributed by atoms with van der Waals surface area (Å²) in [5.41, 5.74) is 7.48. The lowest BCUT2D eigenvalue weighted by Crippen LogP contribution is -1.96. The maximum Gasteiger partial charge on any atom is 0.160 e. The van der Waals surface area contributed by atoms with Crippen molar-refractivity contribution < 1.29 is 0 Å². The summed E-state index contributed by atoms with van der Waals surface area (Å²) in [6, 6.07) is 36.2. The minimum absolute atomic E-state index is 0.654. The topological polar surface area (TPSA) is 49.6 Å². The third kappa shape index (κ3) is 4.84. The standard InChI is InChI=1S/C29H17Br2N3/c30-25-14-24(15-26(31)16-25)28-17-27(33-29(34-28)23-4-2-1-3-5-23)22-12-10-21(11-13-22)20-8-6-19(18-32)7-9-20/h1-17H. The van der Waals surface area contributed by atoms with Gasteiger partial charge in [-0.05, 0) is 47.5 Å². The molecule has 0 N–H and O–H groups in total. The van der Waals surface area contributed by atoms with E-state index in [1.165, 1.54) is 0 Å². The Morgan fingerprint density at radius 1 is 0.529 bits per heavy atom. The fourth-order valence-electron chi connectivity index (χ4n) is 3.73. The predicted octanol–water partition coefficient (Wildman–Crippen LogP) is 8.54. The first-order chi connectivity index (χ1) is 16.6. The second-order valence-electron chi connectivity index (χ2n) is 7.75. The summed E-state index contributed by atoms with van der Waals surface area (Å²) in [6.45, 7) is 0. The second-order valence-corrected chi connectivity index (χ2v) is 9.58. The highest BCUT2D eigenvalue weighted by molar-refractivity contribution is 9.11. The number of benzene rings is 4. The van der Waals surface area contributed by atoms with Crippen molar-refractivity contribution in [3.8, 4) is 51.1 Å². The molecule has 0 saturated heterocycles. The fraction of sp³-hybridized carbons (Fsp3) is 0. The Hall–Kier alpha value is -3.59. The number of hydrogen-bond donors (Lipinski definition) is 0. The van der Waals surface area contributed by atoms with Gasteiger partial charge in [-0.2, -0.15) is 5.26 Å². The van der Waals surface area contributed by atoms with Gasteiger partial charge in [0.15, 0.2) is 5.82 Å². The van der Waals surface area contributed by atoms with Crippen LogP contribution in [0.5, 0.6) is 0 Å². The van der Waals surface area contributed by atoms with Gasteiger partial charge in [-0.25, -0.2) is 9.97 Å². The van der Waals surface area contributed by atoms with E-state index in [9.17, 15) is 0 Å². The van der Waals surface area contributed by atoms with E-state index in [2.05, 4.69) is 74.3 Å². The number of nitrogens with zero attached hydrogens (tertiary/aromatic N) is 3. The van der Waals surface area contributed by atoms with Crippen LogP contribution in [0, 0.1) is 11.3 Å². The quantitative estimate of drug-likeness (QED) is 0.219. The second kappa shape index (κ2) is 9.72. The Bertz CT molecular complexity index is 1480. The highest BCUT2D eigenvalue weighted by Gasteiger charge is 2.12. The van der Waals surface area contributed by atoms with Gasteiger partial charge in [0.1, 0.15) is 0 Å². The summed E-state index contributed by atoms with van der Waals surface area (Å²) in [4.78, 5) is 9.78. The molecule has 0 spiro atoms. The fourth-order valence-corrected chi connectivity index (χ4v) is 5.03. The maximum atomic E-state index is 9.03. The van der Waals surface area contributed by atoms with E-state index < -0.39 is 0 Å². The SMILES string of the molecule is N#Cc1ccc(-c2ccc(-c3cc(-c4cc(Br)cc(Br)c4)nc(-c4ccccc4)n3)cc2)cc1. The summed E-state index contributed by atoms with van der Waals surface area (Å²) in [6.07, 6.45) is 0. The Balaban J connectivity index is 1.59. The van der Waals surface area contributed by atoms with Gasteiger partial charge in [0.2, 0.25) is 0 Å². The molecule has 0 unspecified atom stereocenters. The Morgan fingerprint density at radius 3 is 1.65 bits per heavy atom. The first kappa shape index (κ1) is 22.2. The maximum absolute atomic E-state index is 9.03. The molecule has 0 saturated carbocycles. The van der Waals surface area contributed by atoms with Crippen molar-refractivity contribution in [3.05, 3.63) is 118 Å². The van der Waals surface area contributed by atoms with Crippen LogP contribution in [-0.4, -0.2) is 9.97 Å². The van der Waals surface area contributed by atoms with Crippen molar-refractivity contribution >= 4 is 31.9 Å². The van der Waals surface area contributed by atoms with Crippen molar-refractivity contribution in [2.45, 2.75) is 0 Å². The van der Waals surface area contributed by atoms with Gasteiger partial charge >= 0.3 is 0 Å². The highest BCUT2D eigenvalue weighted by atomic mass is 79.9. The normalized spacial score (nSPS) is 10.6. The van der Waals surface area contributed by atoms with Crippen molar-refractivity contribution in [2.75, 3.05) is 0 Å². The third-order valence-electron chi connectivity index (χ3n) is 5.44. The van der Waals surface area contributed by atoms with Crippen LogP contribution in [0.2, 0.25) is 0 Å². The zero-order chi connectivity index (χ0) is 23.5. The monoisotopic (exact) mass is 565 g/mol. The number of nitriles is 1. The first-order valence-electron chi connectivity index (χ1n) is 10.6. The summed E-state index contributed by atoms with van der Waals surface area (Å²) in [5.74, 6) is 0.681. The molecule has 0 amide bonds. The molecular weight excluding hydrogens is 550 g/mol. The van der Waals surface area contributed by atoms with Crippen LogP contribution in [0.3, 0.4) is 0 Å². The smallest absolute Gasteiger partial charge is 0.160 e. The van der Waals surface area contributed by atoms with Crippen LogP contribution in [0.15, 0.2) is 112 Å². The van der Waals surface area contributed by atoms with Gasteiger partial charge in [0.25, 0.3) is 0 Å². The molecular formula is C29H17Br2N3. The van der Waals surface area contributed by atoms with Gasteiger partial charge in [-0.3, -0.25) is 0 Å². The van der Waals surface area contributed by atoms with Crippen LogP contribution >= 0.6 is 31.9 Å². The Labute approximate surface area is 215 Å². The van der Waals surface area contributed by atoms with Gasteiger partial charge in [0.05, 0.1) is 23.0 Å². The number of rotatable bonds is 4. The lowest BCUT2D eigenvalue weighted by molar-refractivity contribution is 1.18.